The second-order valence-electron chi connectivity index (χ2n) is 5.44. The van der Waals surface area contributed by atoms with Crippen LogP contribution in [0.1, 0.15) is 0 Å². The molecular weight excluding hydrogens is 391 g/mol. The highest BCUT2D eigenvalue weighted by molar-refractivity contribution is 6.42. The SMILES string of the molecule is COc1cccc(Nc2nc3nonc3nc2Nc2ccc(Cl)c(Cl)c2)c1. The van der Waals surface area contributed by atoms with Crippen LogP contribution in [0.25, 0.3) is 11.3 Å². The van der Waals surface area contributed by atoms with E-state index in [0.29, 0.717) is 33.1 Å². The van der Waals surface area contributed by atoms with Crippen LogP contribution in [0, 0.1) is 0 Å². The summed E-state index contributed by atoms with van der Waals surface area (Å²) in [6.07, 6.45) is 0. The normalized spacial score (nSPS) is 10.8. The van der Waals surface area contributed by atoms with E-state index in [1.165, 1.54) is 0 Å². The van der Waals surface area contributed by atoms with Crippen molar-refractivity contribution in [3.8, 4) is 5.75 Å². The Labute approximate surface area is 163 Å². The van der Waals surface area contributed by atoms with E-state index in [0.717, 1.165) is 5.69 Å². The van der Waals surface area contributed by atoms with Crippen molar-refractivity contribution in [2.24, 2.45) is 0 Å². The Morgan fingerprint density at radius 1 is 0.852 bits per heavy atom. The van der Waals surface area contributed by atoms with Gasteiger partial charge in [0.1, 0.15) is 5.75 Å². The van der Waals surface area contributed by atoms with Gasteiger partial charge in [0.2, 0.25) is 11.3 Å². The van der Waals surface area contributed by atoms with Crippen LogP contribution in [0.3, 0.4) is 0 Å². The number of hydrogen-bond acceptors (Lipinski definition) is 8. The predicted molar refractivity (Wildman–Crippen MR) is 103 cm³/mol. The van der Waals surface area contributed by atoms with Gasteiger partial charge in [-0.1, -0.05) is 29.3 Å². The third kappa shape index (κ3) is 3.71. The lowest BCUT2D eigenvalue weighted by Gasteiger charge is -2.12. The molecule has 0 amide bonds. The van der Waals surface area contributed by atoms with E-state index >= 15 is 0 Å². The number of methoxy groups -OCH3 is 1. The Balaban J connectivity index is 1.73. The van der Waals surface area contributed by atoms with E-state index in [1.54, 1.807) is 25.3 Å². The fraction of sp³-hybridized carbons (Fsp3) is 0.0588. The molecule has 27 heavy (non-hydrogen) atoms. The van der Waals surface area contributed by atoms with Gasteiger partial charge in [-0.15, -0.1) is 0 Å². The van der Waals surface area contributed by atoms with Crippen molar-refractivity contribution >= 4 is 57.5 Å². The van der Waals surface area contributed by atoms with E-state index in [9.17, 15) is 0 Å². The van der Waals surface area contributed by atoms with Crippen LogP contribution in [-0.4, -0.2) is 27.4 Å². The van der Waals surface area contributed by atoms with Gasteiger partial charge in [-0.25, -0.2) is 14.6 Å². The van der Waals surface area contributed by atoms with E-state index in [2.05, 4.69) is 30.9 Å². The Morgan fingerprint density at radius 3 is 2.15 bits per heavy atom. The molecule has 0 aliphatic heterocycles. The molecule has 0 saturated heterocycles. The smallest absolute Gasteiger partial charge is 0.245 e. The van der Waals surface area contributed by atoms with Gasteiger partial charge in [-0.3, -0.25) is 0 Å². The minimum absolute atomic E-state index is 0.272. The van der Waals surface area contributed by atoms with Crippen LogP contribution in [0.5, 0.6) is 5.75 Å². The van der Waals surface area contributed by atoms with Gasteiger partial charge < -0.3 is 15.4 Å². The van der Waals surface area contributed by atoms with Crippen LogP contribution in [0.2, 0.25) is 10.0 Å². The first-order valence-corrected chi connectivity index (χ1v) is 8.51. The van der Waals surface area contributed by atoms with Gasteiger partial charge in [0.15, 0.2) is 11.6 Å². The lowest BCUT2D eigenvalue weighted by atomic mass is 10.3. The van der Waals surface area contributed by atoms with Crippen molar-refractivity contribution in [2.75, 3.05) is 17.7 Å². The molecule has 10 heteroatoms. The third-order valence-corrected chi connectivity index (χ3v) is 4.37. The summed E-state index contributed by atoms with van der Waals surface area (Å²) < 4.78 is 9.95. The van der Waals surface area contributed by atoms with Crippen LogP contribution in [0.4, 0.5) is 23.0 Å². The number of halogens is 2. The molecule has 0 aliphatic rings. The number of rotatable bonds is 5. The molecule has 4 aromatic rings. The van der Waals surface area contributed by atoms with E-state index in [4.69, 9.17) is 32.6 Å². The summed E-state index contributed by atoms with van der Waals surface area (Å²) in [4.78, 5) is 8.83. The Bertz CT molecular complexity index is 1120. The van der Waals surface area contributed by atoms with Crippen molar-refractivity contribution in [1.29, 1.82) is 0 Å². The van der Waals surface area contributed by atoms with Crippen molar-refractivity contribution in [3.63, 3.8) is 0 Å². The molecular formula is C17H12Cl2N6O2. The fourth-order valence-electron chi connectivity index (χ4n) is 2.36. The van der Waals surface area contributed by atoms with Gasteiger partial charge in [0, 0.05) is 17.4 Å². The highest BCUT2D eigenvalue weighted by Gasteiger charge is 2.14. The largest absolute Gasteiger partial charge is 0.497 e. The molecule has 0 spiro atoms. The minimum Gasteiger partial charge on any atom is -0.497 e. The highest BCUT2D eigenvalue weighted by atomic mass is 35.5. The molecule has 0 fully saturated rings. The molecule has 8 nitrogen and oxygen atoms in total. The summed E-state index contributed by atoms with van der Waals surface area (Å²) in [6.45, 7) is 0. The molecule has 2 heterocycles. The van der Waals surface area contributed by atoms with Crippen LogP contribution in [-0.2, 0) is 0 Å². The van der Waals surface area contributed by atoms with E-state index in [-0.39, 0.29) is 11.3 Å². The standard InChI is InChI=1S/C17H12Cl2N6O2/c1-26-11-4-2-3-9(7-11)20-14-15(23-17-16(22-14)24-27-25-17)21-10-5-6-12(18)13(19)8-10/h2-8H,1H3,(H,20,22,24)(H,21,23,25). The summed E-state index contributed by atoms with van der Waals surface area (Å²) >= 11 is 12.1. The van der Waals surface area contributed by atoms with Crippen molar-refractivity contribution in [3.05, 3.63) is 52.5 Å². The summed E-state index contributed by atoms with van der Waals surface area (Å²) in [5.74, 6) is 1.55. The maximum atomic E-state index is 6.09. The van der Waals surface area contributed by atoms with Crippen molar-refractivity contribution in [2.45, 2.75) is 0 Å². The molecule has 0 atom stereocenters. The number of benzene rings is 2. The lowest BCUT2D eigenvalue weighted by molar-refractivity contribution is 0.314. The lowest BCUT2D eigenvalue weighted by Crippen LogP contribution is -2.03. The Hall–Kier alpha value is -3.10. The first kappa shape index (κ1) is 17.3. The second kappa shape index (κ2) is 7.26. The van der Waals surface area contributed by atoms with Gasteiger partial charge in [-0.2, -0.15) is 0 Å². The first-order chi connectivity index (χ1) is 13.1. The molecule has 2 N–H and O–H groups in total. The summed E-state index contributed by atoms with van der Waals surface area (Å²) in [5.41, 5.74) is 1.99. The van der Waals surface area contributed by atoms with E-state index in [1.807, 2.05) is 24.3 Å². The van der Waals surface area contributed by atoms with E-state index < -0.39 is 0 Å². The topological polar surface area (TPSA) is 98.0 Å². The number of fused-ring (bicyclic) bond motifs is 1. The zero-order chi connectivity index (χ0) is 18.8. The molecule has 2 aromatic carbocycles. The molecule has 136 valence electrons. The predicted octanol–water partition coefficient (Wildman–Crippen LogP) is 4.82. The van der Waals surface area contributed by atoms with Crippen molar-refractivity contribution in [1.82, 2.24) is 20.3 Å². The second-order valence-corrected chi connectivity index (χ2v) is 6.26. The van der Waals surface area contributed by atoms with Gasteiger partial charge in [0.25, 0.3) is 0 Å². The number of anilines is 4. The molecule has 2 aromatic heterocycles. The van der Waals surface area contributed by atoms with Crippen molar-refractivity contribution < 1.29 is 9.37 Å². The molecule has 0 bridgehead atoms. The Morgan fingerprint density at radius 2 is 1.52 bits per heavy atom. The third-order valence-electron chi connectivity index (χ3n) is 3.63. The maximum absolute atomic E-state index is 6.09. The molecule has 0 radical (unpaired) electrons. The van der Waals surface area contributed by atoms with Crippen LogP contribution >= 0.6 is 23.2 Å². The average Bonchev–Trinajstić information content (AvgIpc) is 3.12. The zero-order valence-electron chi connectivity index (χ0n) is 13.9. The summed E-state index contributed by atoms with van der Waals surface area (Å²) in [6, 6.07) is 12.6. The van der Waals surface area contributed by atoms with Gasteiger partial charge in [-0.05, 0) is 40.6 Å². The number of ether oxygens (including phenoxy) is 1. The summed E-state index contributed by atoms with van der Waals surface area (Å²) in [5, 5.41) is 14.7. The van der Waals surface area contributed by atoms with Gasteiger partial charge >= 0.3 is 0 Å². The Kier molecular flexibility index (Phi) is 4.66. The monoisotopic (exact) mass is 402 g/mol. The summed E-state index contributed by atoms with van der Waals surface area (Å²) in [7, 11) is 1.60. The zero-order valence-corrected chi connectivity index (χ0v) is 15.4. The first-order valence-electron chi connectivity index (χ1n) is 7.76. The number of nitrogens with zero attached hydrogens (tertiary/aromatic N) is 4. The number of nitrogens with one attached hydrogen (secondary N) is 2. The fourth-order valence-corrected chi connectivity index (χ4v) is 2.66. The molecule has 0 saturated carbocycles. The minimum atomic E-state index is 0.272. The molecule has 0 aliphatic carbocycles. The molecule has 4 rings (SSSR count). The number of aromatic nitrogens is 4. The average molecular weight is 403 g/mol. The highest BCUT2D eigenvalue weighted by Crippen LogP contribution is 2.30. The maximum Gasteiger partial charge on any atom is 0.245 e. The van der Waals surface area contributed by atoms with Gasteiger partial charge in [0.05, 0.1) is 17.2 Å². The number of hydrogen-bond donors (Lipinski definition) is 2. The quantitative estimate of drug-likeness (QED) is 0.490. The van der Waals surface area contributed by atoms with Crippen LogP contribution < -0.4 is 15.4 Å². The molecule has 0 unspecified atom stereocenters. The van der Waals surface area contributed by atoms with Crippen LogP contribution in [0.15, 0.2) is 47.1 Å².